The van der Waals surface area contributed by atoms with Crippen molar-refractivity contribution in [3.05, 3.63) is 218 Å². The number of benzene rings is 9. The van der Waals surface area contributed by atoms with E-state index in [2.05, 4.69) is 228 Å². The molecule has 11 aromatic rings. The van der Waals surface area contributed by atoms with Gasteiger partial charge in [0.15, 0.2) is 8.07 Å². The predicted octanol–water partition coefficient (Wildman–Crippen LogP) is 10.9. The van der Waals surface area contributed by atoms with Crippen LogP contribution in [-0.4, -0.2) is 17.2 Å². The van der Waals surface area contributed by atoms with E-state index >= 15 is 0 Å². The van der Waals surface area contributed by atoms with Crippen molar-refractivity contribution in [2.75, 3.05) is 0 Å². The third-order valence-corrected chi connectivity index (χ3v) is 17.3. The highest BCUT2D eigenvalue weighted by molar-refractivity contribution is 7.22. The van der Waals surface area contributed by atoms with Crippen LogP contribution >= 0.6 is 0 Å². The smallest absolute Gasteiger partial charge is 0.180 e. The van der Waals surface area contributed by atoms with Crippen molar-refractivity contribution in [3.8, 4) is 33.6 Å². The first-order valence-electron chi connectivity index (χ1n) is 19.8. The molecule has 266 valence electrons. The molecule has 0 N–H and O–H groups in total. The molecule has 0 spiro atoms. The Balaban J connectivity index is 1.13. The maximum absolute atomic E-state index is 2.58. The maximum Gasteiger partial charge on any atom is 0.180 e. The topological polar surface area (TPSA) is 9.86 Å². The minimum Gasteiger partial charge on any atom is -0.309 e. The largest absolute Gasteiger partial charge is 0.309 e. The Bertz CT molecular complexity index is 3300. The van der Waals surface area contributed by atoms with E-state index < -0.39 is 8.07 Å². The van der Waals surface area contributed by atoms with Crippen molar-refractivity contribution in [2.24, 2.45) is 0 Å². The monoisotopic (exact) mass is 740 g/mol. The lowest BCUT2D eigenvalue weighted by molar-refractivity contribution is 1.18. The number of rotatable bonds is 5. The Morgan fingerprint density at radius 2 is 0.719 bits per heavy atom. The molecule has 0 amide bonds. The van der Waals surface area contributed by atoms with Crippen LogP contribution in [0.15, 0.2) is 218 Å². The van der Waals surface area contributed by atoms with Gasteiger partial charge >= 0.3 is 0 Å². The van der Waals surface area contributed by atoms with Crippen LogP contribution in [0.25, 0.3) is 77.2 Å². The molecule has 2 aromatic heterocycles. The van der Waals surface area contributed by atoms with Gasteiger partial charge in [-0.15, -0.1) is 0 Å². The minimum absolute atomic E-state index is 1.17. The molecular weight excluding hydrogens is 705 g/mol. The van der Waals surface area contributed by atoms with Crippen LogP contribution in [0, 0.1) is 0 Å². The van der Waals surface area contributed by atoms with E-state index in [4.69, 9.17) is 0 Å². The molecule has 0 saturated carbocycles. The zero-order chi connectivity index (χ0) is 37.5. The molecule has 1 aliphatic heterocycles. The third-order valence-electron chi connectivity index (χ3n) is 12.4. The Hall–Kier alpha value is -7.20. The predicted molar refractivity (Wildman–Crippen MR) is 243 cm³/mol. The van der Waals surface area contributed by atoms with Gasteiger partial charge < -0.3 is 9.13 Å². The molecule has 12 rings (SSSR count). The lowest BCUT2D eigenvalue weighted by atomic mass is 9.95. The molecule has 0 fully saturated rings. The van der Waals surface area contributed by atoms with E-state index in [0.717, 1.165) is 0 Å². The minimum atomic E-state index is -2.58. The number of nitrogens with zero attached hydrogens (tertiary/aromatic N) is 2. The Morgan fingerprint density at radius 1 is 0.281 bits per heavy atom. The summed E-state index contributed by atoms with van der Waals surface area (Å²) in [7, 11) is -2.58. The molecule has 0 radical (unpaired) electrons. The van der Waals surface area contributed by atoms with Crippen LogP contribution in [0.1, 0.15) is 0 Å². The van der Waals surface area contributed by atoms with Gasteiger partial charge in [-0.3, -0.25) is 0 Å². The van der Waals surface area contributed by atoms with Crippen molar-refractivity contribution in [1.82, 2.24) is 9.13 Å². The van der Waals surface area contributed by atoms with Crippen LogP contribution in [0.5, 0.6) is 0 Å². The molecule has 0 aliphatic carbocycles. The van der Waals surface area contributed by atoms with E-state index in [-0.39, 0.29) is 0 Å². The second-order valence-corrected chi connectivity index (χ2v) is 18.9. The highest BCUT2D eigenvalue weighted by Crippen LogP contribution is 2.44. The van der Waals surface area contributed by atoms with Gasteiger partial charge in [0.2, 0.25) is 0 Å². The Labute approximate surface area is 332 Å². The zero-order valence-electron chi connectivity index (χ0n) is 31.2. The zero-order valence-corrected chi connectivity index (χ0v) is 32.2. The average molecular weight is 741 g/mol. The van der Waals surface area contributed by atoms with Gasteiger partial charge in [0.05, 0.1) is 22.1 Å². The summed E-state index contributed by atoms with van der Waals surface area (Å²) in [6.07, 6.45) is 0. The fraction of sp³-hybridized carbons (Fsp3) is 0. The molecule has 3 heteroatoms. The van der Waals surface area contributed by atoms with E-state index in [1.165, 1.54) is 98.0 Å². The molecule has 9 aromatic carbocycles. The van der Waals surface area contributed by atoms with E-state index in [0.29, 0.717) is 0 Å². The summed E-state index contributed by atoms with van der Waals surface area (Å²) in [4.78, 5) is 0. The van der Waals surface area contributed by atoms with Gasteiger partial charge in [0, 0.05) is 32.9 Å². The van der Waals surface area contributed by atoms with Gasteiger partial charge in [-0.25, -0.2) is 0 Å². The summed E-state index contributed by atoms with van der Waals surface area (Å²) in [6, 6.07) is 81.2. The summed E-state index contributed by atoms with van der Waals surface area (Å²) in [5, 5.41) is 10.8. The lowest BCUT2D eigenvalue weighted by Gasteiger charge is -2.31. The first kappa shape index (κ1) is 32.1. The molecule has 2 nitrogen and oxygen atoms in total. The summed E-state index contributed by atoms with van der Waals surface area (Å²) in [5.41, 5.74) is 12.4. The van der Waals surface area contributed by atoms with Gasteiger partial charge in [0.1, 0.15) is 0 Å². The molecular formula is C54H36N2Si. The first-order valence-corrected chi connectivity index (χ1v) is 21.8. The fourth-order valence-electron chi connectivity index (χ4n) is 10.2. The molecule has 0 saturated heterocycles. The Morgan fingerprint density at radius 3 is 1.32 bits per heavy atom. The van der Waals surface area contributed by atoms with Gasteiger partial charge in [-0.2, -0.15) is 0 Å². The summed E-state index contributed by atoms with van der Waals surface area (Å²) < 4.78 is 4.91. The van der Waals surface area contributed by atoms with Gasteiger partial charge in [-0.1, -0.05) is 170 Å². The normalized spacial score (nSPS) is 13.1. The van der Waals surface area contributed by atoms with Crippen molar-refractivity contribution in [3.63, 3.8) is 0 Å². The van der Waals surface area contributed by atoms with E-state index in [9.17, 15) is 0 Å². The lowest BCUT2D eigenvalue weighted by Crippen LogP contribution is -2.72. The molecule has 0 bridgehead atoms. The molecule has 0 unspecified atom stereocenters. The summed E-state index contributed by atoms with van der Waals surface area (Å²) in [6.45, 7) is 0. The first-order chi connectivity index (χ1) is 28.3. The van der Waals surface area contributed by atoms with E-state index in [1.54, 1.807) is 0 Å². The summed E-state index contributed by atoms with van der Waals surface area (Å²) >= 11 is 0. The van der Waals surface area contributed by atoms with E-state index in [1.807, 2.05) is 0 Å². The quantitative estimate of drug-likeness (QED) is 0.156. The highest BCUT2D eigenvalue weighted by Gasteiger charge is 2.48. The Kier molecular flexibility index (Phi) is 6.98. The third kappa shape index (κ3) is 4.46. The van der Waals surface area contributed by atoms with Gasteiger partial charge in [-0.05, 0) is 91.5 Å². The maximum atomic E-state index is 2.50. The number of fused-ring (bicyclic) bond motifs is 9. The molecule has 1 aliphatic rings. The standard InChI is InChI=1S/C54H36N2Si/c1-4-18-37(19-5-1)55-47-29-13-10-25-44(47)53-42(27-16-31-49(53)55)43-28-17-32-50-54(43)45-26-11-14-30-48(45)56(50)38-34-35-52-46(36-38)41-24-12-15-33-51(41)57(52,39-20-6-2-7-21-39)40-22-8-3-9-23-40/h1-36H. The van der Waals surface area contributed by atoms with Crippen molar-refractivity contribution in [2.45, 2.75) is 0 Å². The fourth-order valence-corrected chi connectivity index (χ4v) is 15.4. The molecule has 3 heterocycles. The van der Waals surface area contributed by atoms with Gasteiger partial charge in [0.25, 0.3) is 0 Å². The number of hydrogen-bond acceptors (Lipinski definition) is 0. The number of aromatic nitrogens is 2. The van der Waals surface area contributed by atoms with Crippen molar-refractivity contribution < 1.29 is 0 Å². The molecule has 0 atom stereocenters. The second-order valence-electron chi connectivity index (χ2n) is 15.2. The van der Waals surface area contributed by atoms with Crippen LogP contribution in [0.2, 0.25) is 0 Å². The number of hydrogen-bond donors (Lipinski definition) is 0. The van der Waals surface area contributed by atoms with Crippen molar-refractivity contribution >= 4 is 72.4 Å². The van der Waals surface area contributed by atoms with Crippen molar-refractivity contribution in [1.29, 1.82) is 0 Å². The average Bonchev–Trinajstić information content (AvgIpc) is 3.92. The highest BCUT2D eigenvalue weighted by atomic mass is 28.3. The van der Waals surface area contributed by atoms with Crippen LogP contribution in [0.4, 0.5) is 0 Å². The molecule has 57 heavy (non-hydrogen) atoms. The van der Waals surface area contributed by atoms with Crippen LogP contribution in [-0.2, 0) is 0 Å². The summed E-state index contributed by atoms with van der Waals surface area (Å²) in [5.74, 6) is 0. The SMILES string of the molecule is c1ccc(-n2c3ccccc3c3c(-c4cccc5c4c4ccccc4n5-c4ccc5c(c4)-c4ccccc4[Si]5(c4ccccc4)c4ccccc4)cccc32)cc1. The van der Waals surface area contributed by atoms with Crippen LogP contribution in [0.3, 0.4) is 0 Å². The second kappa shape index (κ2) is 12.4. The number of para-hydroxylation sites is 3. The van der Waals surface area contributed by atoms with Crippen LogP contribution < -0.4 is 20.7 Å².